The van der Waals surface area contributed by atoms with Gasteiger partial charge in [0.1, 0.15) is 11.6 Å². The van der Waals surface area contributed by atoms with Crippen LogP contribution in [0.4, 0.5) is 4.39 Å². The lowest BCUT2D eigenvalue weighted by Gasteiger charge is -2.13. The first-order valence-electron chi connectivity index (χ1n) is 6.30. The summed E-state index contributed by atoms with van der Waals surface area (Å²) in [5, 5.41) is 0. The van der Waals surface area contributed by atoms with Crippen LogP contribution in [-0.2, 0) is 9.84 Å². The van der Waals surface area contributed by atoms with Crippen molar-refractivity contribution >= 4 is 9.84 Å². The van der Waals surface area contributed by atoms with Crippen molar-refractivity contribution in [3.63, 3.8) is 0 Å². The molecule has 0 spiro atoms. The minimum atomic E-state index is -3.58. The van der Waals surface area contributed by atoms with Crippen molar-refractivity contribution in [1.82, 2.24) is 0 Å². The maximum absolute atomic E-state index is 12.9. The number of hydrogen-bond acceptors (Lipinski definition) is 4. The first-order valence-corrected chi connectivity index (χ1v) is 7.95. The van der Waals surface area contributed by atoms with Gasteiger partial charge in [-0.25, -0.2) is 12.8 Å². The first kappa shape index (κ1) is 15.5. The van der Waals surface area contributed by atoms with Crippen molar-refractivity contribution in [2.24, 2.45) is 5.73 Å². The van der Waals surface area contributed by atoms with E-state index in [1.54, 1.807) is 24.3 Å². The zero-order valence-electron chi connectivity index (χ0n) is 11.5. The molecule has 0 aliphatic carbocycles. The Morgan fingerprint density at radius 2 is 1.86 bits per heavy atom. The van der Waals surface area contributed by atoms with Crippen LogP contribution in [0.2, 0.25) is 0 Å². The molecular formula is C15H16FNO3S. The summed E-state index contributed by atoms with van der Waals surface area (Å²) in [6.45, 7) is 0. The molecule has 2 aromatic rings. The topological polar surface area (TPSA) is 69.4 Å². The van der Waals surface area contributed by atoms with Gasteiger partial charge in [-0.1, -0.05) is 12.1 Å². The van der Waals surface area contributed by atoms with E-state index in [1.807, 2.05) is 0 Å². The molecule has 4 nitrogen and oxygen atoms in total. The molecule has 2 N–H and O–H groups in total. The number of methoxy groups -OCH3 is 1. The molecule has 0 amide bonds. The molecule has 0 radical (unpaired) electrons. The molecule has 0 fully saturated rings. The highest BCUT2D eigenvalue weighted by Gasteiger charge is 2.20. The summed E-state index contributed by atoms with van der Waals surface area (Å²) in [4.78, 5) is 0.0576. The van der Waals surface area contributed by atoms with E-state index in [9.17, 15) is 12.8 Å². The Hall–Kier alpha value is -1.92. The number of sulfone groups is 1. The van der Waals surface area contributed by atoms with Gasteiger partial charge in [0.05, 0.1) is 17.8 Å². The van der Waals surface area contributed by atoms with Crippen molar-refractivity contribution in [3.05, 3.63) is 59.9 Å². The van der Waals surface area contributed by atoms with Crippen LogP contribution in [0.1, 0.15) is 11.6 Å². The van der Waals surface area contributed by atoms with E-state index in [4.69, 9.17) is 10.5 Å². The summed E-state index contributed by atoms with van der Waals surface area (Å²) in [6, 6.07) is 11.0. The zero-order chi connectivity index (χ0) is 15.5. The van der Waals surface area contributed by atoms with Crippen LogP contribution in [0.25, 0.3) is 0 Å². The van der Waals surface area contributed by atoms with E-state index < -0.39 is 21.7 Å². The molecule has 6 heteroatoms. The third-order valence-electron chi connectivity index (χ3n) is 3.09. The highest BCUT2D eigenvalue weighted by Crippen LogP contribution is 2.21. The van der Waals surface area contributed by atoms with E-state index in [0.29, 0.717) is 11.3 Å². The maximum atomic E-state index is 12.9. The van der Waals surface area contributed by atoms with Gasteiger partial charge in [-0.2, -0.15) is 0 Å². The monoisotopic (exact) mass is 309 g/mol. The molecule has 0 heterocycles. The Labute approximate surface area is 123 Å². The van der Waals surface area contributed by atoms with Crippen molar-refractivity contribution in [1.29, 1.82) is 0 Å². The molecule has 0 saturated heterocycles. The molecule has 0 aliphatic heterocycles. The van der Waals surface area contributed by atoms with Gasteiger partial charge in [-0.05, 0) is 42.0 Å². The average Bonchev–Trinajstić information content (AvgIpc) is 2.47. The Morgan fingerprint density at radius 3 is 2.48 bits per heavy atom. The fourth-order valence-corrected chi connectivity index (χ4v) is 3.35. The molecule has 0 aromatic heterocycles. The SMILES string of the molecule is COc1cccc(C(N)CS(=O)(=O)c2ccc(F)cc2)c1. The minimum absolute atomic E-state index is 0.0576. The van der Waals surface area contributed by atoms with Crippen molar-refractivity contribution in [2.75, 3.05) is 12.9 Å². The lowest BCUT2D eigenvalue weighted by Crippen LogP contribution is -2.22. The van der Waals surface area contributed by atoms with Crippen LogP contribution in [0, 0.1) is 5.82 Å². The second-order valence-corrected chi connectivity index (χ2v) is 6.65. The Balaban J connectivity index is 2.21. The molecule has 0 bridgehead atoms. The van der Waals surface area contributed by atoms with E-state index in [-0.39, 0.29) is 10.6 Å². The standard InChI is InChI=1S/C15H16FNO3S/c1-20-13-4-2-3-11(9-13)15(17)10-21(18,19)14-7-5-12(16)6-8-14/h2-9,15H,10,17H2,1H3. The van der Waals surface area contributed by atoms with Gasteiger partial charge in [0.25, 0.3) is 0 Å². The molecule has 0 aliphatic rings. The summed E-state index contributed by atoms with van der Waals surface area (Å²) in [5.74, 6) is -0.126. The number of ether oxygens (including phenoxy) is 1. The second kappa shape index (κ2) is 6.24. The van der Waals surface area contributed by atoms with Crippen molar-refractivity contribution in [2.45, 2.75) is 10.9 Å². The molecular weight excluding hydrogens is 293 g/mol. The van der Waals surface area contributed by atoms with Gasteiger partial charge < -0.3 is 10.5 Å². The summed E-state index contributed by atoms with van der Waals surface area (Å²) in [7, 11) is -2.05. The zero-order valence-corrected chi connectivity index (χ0v) is 12.3. The average molecular weight is 309 g/mol. The van der Waals surface area contributed by atoms with Crippen LogP contribution < -0.4 is 10.5 Å². The van der Waals surface area contributed by atoms with E-state index in [2.05, 4.69) is 0 Å². The fourth-order valence-electron chi connectivity index (χ4n) is 1.94. The molecule has 2 rings (SSSR count). The van der Waals surface area contributed by atoms with Gasteiger partial charge in [0.15, 0.2) is 9.84 Å². The third-order valence-corrected chi connectivity index (χ3v) is 4.88. The van der Waals surface area contributed by atoms with Crippen molar-refractivity contribution in [3.8, 4) is 5.75 Å². The van der Waals surface area contributed by atoms with E-state index in [1.165, 1.54) is 19.2 Å². The van der Waals surface area contributed by atoms with Crippen LogP contribution in [-0.4, -0.2) is 21.3 Å². The molecule has 2 aromatic carbocycles. The number of rotatable bonds is 5. The fraction of sp³-hybridized carbons (Fsp3) is 0.200. The predicted molar refractivity (Wildman–Crippen MR) is 78.4 cm³/mol. The van der Waals surface area contributed by atoms with Gasteiger partial charge in [0, 0.05) is 6.04 Å². The van der Waals surface area contributed by atoms with Crippen LogP contribution in [0.5, 0.6) is 5.75 Å². The Kier molecular flexibility index (Phi) is 4.59. The smallest absolute Gasteiger partial charge is 0.180 e. The number of benzene rings is 2. The van der Waals surface area contributed by atoms with Crippen LogP contribution in [0.15, 0.2) is 53.4 Å². The molecule has 1 unspecified atom stereocenters. The van der Waals surface area contributed by atoms with E-state index >= 15 is 0 Å². The Bertz CT molecular complexity index is 714. The van der Waals surface area contributed by atoms with E-state index in [0.717, 1.165) is 12.1 Å². The highest BCUT2D eigenvalue weighted by molar-refractivity contribution is 7.91. The molecule has 0 saturated carbocycles. The lowest BCUT2D eigenvalue weighted by molar-refractivity contribution is 0.414. The van der Waals surface area contributed by atoms with Gasteiger partial charge in [0.2, 0.25) is 0 Å². The summed E-state index contributed by atoms with van der Waals surface area (Å²) in [5.41, 5.74) is 6.63. The quantitative estimate of drug-likeness (QED) is 0.861. The van der Waals surface area contributed by atoms with Gasteiger partial charge in [-0.15, -0.1) is 0 Å². The number of hydrogen-bond donors (Lipinski definition) is 1. The largest absolute Gasteiger partial charge is 0.497 e. The third kappa shape index (κ3) is 3.80. The van der Waals surface area contributed by atoms with Crippen molar-refractivity contribution < 1.29 is 17.5 Å². The normalized spacial score (nSPS) is 12.9. The molecule has 1 atom stereocenters. The molecule has 21 heavy (non-hydrogen) atoms. The second-order valence-electron chi connectivity index (χ2n) is 4.62. The summed E-state index contributed by atoms with van der Waals surface area (Å²) < 4.78 is 42.4. The van der Waals surface area contributed by atoms with Crippen LogP contribution in [0.3, 0.4) is 0 Å². The summed E-state index contributed by atoms with van der Waals surface area (Å²) >= 11 is 0. The minimum Gasteiger partial charge on any atom is -0.497 e. The Morgan fingerprint density at radius 1 is 1.19 bits per heavy atom. The number of halogens is 1. The number of nitrogens with two attached hydrogens (primary N) is 1. The van der Waals surface area contributed by atoms with Crippen LogP contribution >= 0.6 is 0 Å². The lowest BCUT2D eigenvalue weighted by atomic mass is 10.1. The predicted octanol–water partition coefficient (Wildman–Crippen LogP) is 2.31. The molecule has 112 valence electrons. The highest BCUT2D eigenvalue weighted by atomic mass is 32.2. The van der Waals surface area contributed by atoms with Gasteiger partial charge in [-0.3, -0.25) is 0 Å². The summed E-state index contributed by atoms with van der Waals surface area (Å²) in [6.07, 6.45) is 0. The first-order chi connectivity index (χ1) is 9.92. The van der Waals surface area contributed by atoms with Gasteiger partial charge >= 0.3 is 0 Å². The maximum Gasteiger partial charge on any atom is 0.180 e.